The predicted molar refractivity (Wildman–Crippen MR) is 90.8 cm³/mol. The smallest absolute Gasteiger partial charge is 0.334 e. The summed E-state index contributed by atoms with van der Waals surface area (Å²) < 4.78 is 16.1. The quantitative estimate of drug-likeness (QED) is 0.440. The molecule has 0 spiro atoms. The lowest BCUT2D eigenvalue weighted by atomic mass is 10.2. The summed E-state index contributed by atoms with van der Waals surface area (Å²) >= 11 is 0. The number of nitrogens with zero attached hydrogens (tertiary/aromatic N) is 1. The topological polar surface area (TPSA) is 57.7 Å². The summed E-state index contributed by atoms with van der Waals surface area (Å²) in [7, 11) is 0. The van der Waals surface area contributed by atoms with Crippen LogP contribution in [0.25, 0.3) is 0 Å². The molecule has 126 valence electrons. The number of rotatable bonds is 7. The van der Waals surface area contributed by atoms with Crippen LogP contribution < -0.4 is 9.47 Å². The van der Waals surface area contributed by atoms with Gasteiger partial charge in [-0.25, -0.2) is 9.78 Å². The molecule has 0 saturated heterocycles. The molecule has 0 bridgehead atoms. The van der Waals surface area contributed by atoms with Crippen molar-refractivity contribution < 1.29 is 19.0 Å². The van der Waals surface area contributed by atoms with Crippen molar-refractivity contribution in [3.8, 4) is 11.6 Å². The molecule has 5 nitrogen and oxygen atoms in total. The Morgan fingerprint density at radius 1 is 1.25 bits per heavy atom. The molecule has 0 amide bonds. The number of benzene rings is 1. The predicted octanol–water partition coefficient (Wildman–Crippen LogP) is 3.81. The minimum Gasteiger partial charge on any atom is -0.473 e. The Labute approximate surface area is 141 Å². The van der Waals surface area contributed by atoms with Crippen molar-refractivity contribution >= 4 is 5.97 Å². The van der Waals surface area contributed by atoms with Gasteiger partial charge in [0.2, 0.25) is 5.88 Å². The highest BCUT2D eigenvalue weighted by Crippen LogP contribution is 2.23. The fourth-order valence-electron chi connectivity index (χ4n) is 1.99. The first-order valence-corrected chi connectivity index (χ1v) is 7.74. The molecule has 5 heteroatoms. The summed E-state index contributed by atoms with van der Waals surface area (Å²) in [5.74, 6) is 1.11. The van der Waals surface area contributed by atoms with Gasteiger partial charge < -0.3 is 14.2 Å². The van der Waals surface area contributed by atoms with E-state index in [1.807, 2.05) is 37.3 Å². The summed E-state index contributed by atoms with van der Waals surface area (Å²) in [6.45, 7) is 6.12. The largest absolute Gasteiger partial charge is 0.473 e. The number of pyridine rings is 1. The van der Waals surface area contributed by atoms with Gasteiger partial charge in [-0.1, -0.05) is 30.3 Å². The third-order valence-electron chi connectivity index (χ3n) is 3.15. The van der Waals surface area contributed by atoms with Crippen LogP contribution in [0, 0.1) is 6.92 Å². The van der Waals surface area contributed by atoms with Crippen LogP contribution in [0.5, 0.6) is 11.6 Å². The maximum atomic E-state index is 11.4. The highest BCUT2D eigenvalue weighted by atomic mass is 16.5. The number of hydrogen-bond acceptors (Lipinski definition) is 5. The Morgan fingerprint density at radius 2 is 2.00 bits per heavy atom. The Bertz CT molecular complexity index is 711. The molecule has 0 radical (unpaired) electrons. The molecule has 0 saturated carbocycles. The van der Waals surface area contributed by atoms with Crippen LogP contribution in [0.15, 0.2) is 54.4 Å². The zero-order chi connectivity index (χ0) is 17.4. The van der Waals surface area contributed by atoms with Gasteiger partial charge in [-0.3, -0.25) is 0 Å². The molecule has 0 aliphatic carbocycles. The third-order valence-corrected chi connectivity index (χ3v) is 3.15. The number of aromatic nitrogens is 1. The van der Waals surface area contributed by atoms with Gasteiger partial charge >= 0.3 is 5.97 Å². The minimum atomic E-state index is -0.427. The lowest BCUT2D eigenvalue weighted by molar-refractivity contribution is -0.137. The number of ether oxygens (including phenoxy) is 3. The molecular weight excluding hydrogens is 306 g/mol. The summed E-state index contributed by atoms with van der Waals surface area (Å²) in [6.07, 6.45) is 2.89. The monoisotopic (exact) mass is 327 g/mol. The highest BCUT2D eigenvalue weighted by molar-refractivity contribution is 5.82. The number of aryl methyl sites for hydroxylation is 1. The molecule has 0 atom stereocenters. The lowest BCUT2D eigenvalue weighted by Gasteiger charge is -2.11. The second-order valence-electron chi connectivity index (χ2n) is 5.17. The number of carbonyl (C=O) groups excluding carboxylic acids is 1. The first-order chi connectivity index (χ1) is 11.6. The molecule has 1 heterocycles. The SMILES string of the molecule is CCOC(=O)/C=C(\C)Oc1cnc(OCc2ccccc2)cc1C. The molecule has 0 unspecified atom stereocenters. The van der Waals surface area contributed by atoms with E-state index < -0.39 is 5.97 Å². The van der Waals surface area contributed by atoms with Crippen LogP contribution in [0.4, 0.5) is 0 Å². The summed E-state index contributed by atoms with van der Waals surface area (Å²) in [4.78, 5) is 15.6. The van der Waals surface area contributed by atoms with E-state index in [9.17, 15) is 4.79 Å². The second kappa shape index (κ2) is 8.72. The summed E-state index contributed by atoms with van der Waals surface area (Å²) in [5.41, 5.74) is 1.94. The maximum Gasteiger partial charge on any atom is 0.334 e. The van der Waals surface area contributed by atoms with E-state index in [0.717, 1.165) is 11.1 Å². The summed E-state index contributed by atoms with van der Waals surface area (Å²) in [5, 5.41) is 0. The molecule has 2 aromatic rings. The molecule has 1 aromatic heterocycles. The number of esters is 1. The van der Waals surface area contributed by atoms with Gasteiger partial charge in [-0.05, 0) is 31.9 Å². The van der Waals surface area contributed by atoms with E-state index in [2.05, 4.69) is 4.98 Å². The lowest BCUT2D eigenvalue weighted by Crippen LogP contribution is -2.04. The summed E-state index contributed by atoms with van der Waals surface area (Å²) in [6, 6.07) is 11.7. The maximum absolute atomic E-state index is 11.4. The number of carbonyl (C=O) groups is 1. The van der Waals surface area contributed by atoms with Crippen LogP contribution >= 0.6 is 0 Å². The molecule has 0 N–H and O–H groups in total. The minimum absolute atomic E-state index is 0.330. The van der Waals surface area contributed by atoms with Gasteiger partial charge in [0.05, 0.1) is 18.9 Å². The Kier molecular flexibility index (Phi) is 6.37. The van der Waals surface area contributed by atoms with Gasteiger partial charge in [-0.2, -0.15) is 0 Å². The normalized spacial score (nSPS) is 11.0. The van der Waals surface area contributed by atoms with Crippen molar-refractivity contribution in [1.29, 1.82) is 0 Å². The van der Waals surface area contributed by atoms with Crippen LogP contribution in [0.3, 0.4) is 0 Å². The highest BCUT2D eigenvalue weighted by Gasteiger charge is 2.06. The molecule has 0 fully saturated rings. The molecular formula is C19H21NO4. The fourth-order valence-corrected chi connectivity index (χ4v) is 1.99. The first kappa shape index (κ1) is 17.5. The Hall–Kier alpha value is -2.82. The molecule has 0 aliphatic heterocycles. The van der Waals surface area contributed by atoms with E-state index >= 15 is 0 Å². The molecule has 0 aliphatic rings. The van der Waals surface area contributed by atoms with Crippen LogP contribution in [-0.2, 0) is 16.1 Å². The van der Waals surface area contributed by atoms with Crippen LogP contribution in [0.1, 0.15) is 25.0 Å². The zero-order valence-corrected chi connectivity index (χ0v) is 14.1. The molecule has 24 heavy (non-hydrogen) atoms. The van der Waals surface area contributed by atoms with Crippen LogP contribution in [-0.4, -0.2) is 17.6 Å². The van der Waals surface area contributed by atoms with E-state index in [1.165, 1.54) is 6.08 Å². The van der Waals surface area contributed by atoms with Gasteiger partial charge in [0.1, 0.15) is 18.1 Å². The van der Waals surface area contributed by atoms with E-state index in [-0.39, 0.29) is 0 Å². The van der Waals surface area contributed by atoms with Gasteiger partial charge in [0.25, 0.3) is 0 Å². The van der Waals surface area contributed by atoms with E-state index in [4.69, 9.17) is 14.2 Å². The van der Waals surface area contributed by atoms with Gasteiger partial charge in [-0.15, -0.1) is 0 Å². The average molecular weight is 327 g/mol. The Balaban J connectivity index is 1.97. The van der Waals surface area contributed by atoms with Gasteiger partial charge in [0.15, 0.2) is 0 Å². The van der Waals surface area contributed by atoms with Crippen molar-refractivity contribution in [2.24, 2.45) is 0 Å². The number of hydrogen-bond donors (Lipinski definition) is 0. The van der Waals surface area contributed by atoms with E-state index in [0.29, 0.717) is 30.6 Å². The van der Waals surface area contributed by atoms with Crippen molar-refractivity contribution in [2.45, 2.75) is 27.4 Å². The van der Waals surface area contributed by atoms with Crippen molar-refractivity contribution in [3.63, 3.8) is 0 Å². The molecule has 1 aromatic carbocycles. The van der Waals surface area contributed by atoms with Crippen LogP contribution in [0.2, 0.25) is 0 Å². The fraction of sp³-hybridized carbons (Fsp3) is 0.263. The average Bonchev–Trinajstić information content (AvgIpc) is 2.56. The molecule has 2 rings (SSSR count). The van der Waals surface area contributed by atoms with Crippen molar-refractivity contribution in [3.05, 3.63) is 65.6 Å². The zero-order valence-electron chi connectivity index (χ0n) is 14.1. The van der Waals surface area contributed by atoms with Crippen molar-refractivity contribution in [2.75, 3.05) is 6.61 Å². The van der Waals surface area contributed by atoms with Gasteiger partial charge in [0, 0.05) is 6.07 Å². The van der Waals surface area contributed by atoms with E-state index in [1.54, 1.807) is 26.1 Å². The Morgan fingerprint density at radius 3 is 2.67 bits per heavy atom. The second-order valence-corrected chi connectivity index (χ2v) is 5.17. The number of allylic oxidation sites excluding steroid dienone is 1. The third kappa shape index (κ3) is 5.43. The first-order valence-electron chi connectivity index (χ1n) is 7.74. The van der Waals surface area contributed by atoms with Crippen molar-refractivity contribution in [1.82, 2.24) is 4.98 Å². The standard InChI is InChI=1S/C19H21NO4/c1-4-22-19(21)11-15(3)24-17-12-20-18(10-14(17)2)23-13-16-8-6-5-7-9-16/h5-12H,4,13H2,1-3H3/b15-11+.